The highest BCUT2D eigenvalue weighted by Crippen LogP contribution is 2.11. The van der Waals surface area contributed by atoms with Crippen LogP contribution in [0.5, 0.6) is 0 Å². The van der Waals surface area contributed by atoms with Gasteiger partial charge in [-0.2, -0.15) is 0 Å². The Morgan fingerprint density at radius 2 is 1.56 bits per heavy atom. The van der Waals surface area contributed by atoms with E-state index in [0.717, 1.165) is 6.92 Å². The minimum Gasteiger partial charge on any atom is -0.481 e. The topological polar surface area (TPSA) is 158 Å². The van der Waals surface area contributed by atoms with Gasteiger partial charge in [0.25, 0.3) is 0 Å². The van der Waals surface area contributed by atoms with Crippen LogP contribution in [0.3, 0.4) is 0 Å². The zero-order chi connectivity index (χ0) is 14.5. The number of esters is 2. The predicted molar refractivity (Wildman–Crippen MR) is 52.2 cm³/mol. The van der Waals surface area contributed by atoms with Crippen LogP contribution >= 0.6 is 0 Å². The van der Waals surface area contributed by atoms with Gasteiger partial charge >= 0.3 is 23.9 Å². The number of carboxylic acid groups (broad SMARTS) is 2. The van der Waals surface area contributed by atoms with E-state index in [9.17, 15) is 19.2 Å². The Labute approximate surface area is 101 Å². The van der Waals surface area contributed by atoms with Crippen molar-refractivity contribution in [1.82, 2.24) is 0 Å². The third-order valence-electron chi connectivity index (χ3n) is 1.89. The number of aliphatic hydroxyl groups excluding tert-OH is 2. The molecule has 0 fully saturated rings. The van der Waals surface area contributed by atoms with Crippen molar-refractivity contribution in [2.24, 2.45) is 5.92 Å². The molecule has 102 valence electrons. The number of ether oxygens (including phenoxy) is 1. The Morgan fingerprint density at radius 3 is 1.89 bits per heavy atom. The number of carbonyl (C=O) groups is 4. The van der Waals surface area contributed by atoms with E-state index in [0.29, 0.717) is 0 Å². The first-order chi connectivity index (χ1) is 8.16. The van der Waals surface area contributed by atoms with Crippen molar-refractivity contribution in [3.8, 4) is 0 Å². The zero-order valence-electron chi connectivity index (χ0n) is 9.27. The van der Waals surface area contributed by atoms with E-state index in [1.807, 2.05) is 0 Å². The molecule has 0 bridgehead atoms. The molecule has 3 unspecified atom stereocenters. The first-order valence-corrected chi connectivity index (χ1v) is 4.73. The Hall–Kier alpha value is -2.00. The molecular weight excluding hydrogens is 252 g/mol. The maximum atomic E-state index is 11.1. The van der Waals surface area contributed by atoms with Gasteiger partial charge in [-0.3, -0.25) is 9.59 Å². The average molecular weight is 264 g/mol. The van der Waals surface area contributed by atoms with Crippen LogP contribution in [0, 0.1) is 5.92 Å². The van der Waals surface area contributed by atoms with Gasteiger partial charge in [-0.25, -0.2) is 9.59 Å². The fraction of sp³-hybridized carbons (Fsp3) is 0.556. The summed E-state index contributed by atoms with van der Waals surface area (Å²) in [5.41, 5.74) is 0. The molecule has 0 aromatic carbocycles. The molecule has 3 atom stereocenters. The molecule has 0 saturated heterocycles. The van der Waals surface area contributed by atoms with Gasteiger partial charge in [-0.05, 0) is 6.92 Å². The van der Waals surface area contributed by atoms with Crippen LogP contribution in [-0.2, 0) is 23.9 Å². The molecule has 0 aliphatic heterocycles. The summed E-state index contributed by atoms with van der Waals surface area (Å²) in [7, 11) is 0. The average Bonchev–Trinajstić information content (AvgIpc) is 2.24. The van der Waals surface area contributed by atoms with Crippen LogP contribution in [-0.4, -0.2) is 56.5 Å². The highest BCUT2D eigenvalue weighted by Gasteiger charge is 2.35. The maximum absolute atomic E-state index is 11.1. The summed E-state index contributed by atoms with van der Waals surface area (Å²) in [6.45, 7) is 1.02. The van der Waals surface area contributed by atoms with Gasteiger partial charge in [0.05, 0.1) is 6.42 Å². The number of aliphatic carboxylic acids is 2. The zero-order valence-corrected chi connectivity index (χ0v) is 9.27. The summed E-state index contributed by atoms with van der Waals surface area (Å²) in [6, 6.07) is 0. The molecular formula is C9H12O9. The lowest BCUT2D eigenvalue weighted by Gasteiger charge is -2.14. The van der Waals surface area contributed by atoms with Gasteiger partial charge in [0.2, 0.25) is 0 Å². The number of carbonyl (C=O) groups excluding carboxylic acids is 2. The molecule has 0 radical (unpaired) electrons. The van der Waals surface area contributed by atoms with Crippen molar-refractivity contribution >= 4 is 23.9 Å². The summed E-state index contributed by atoms with van der Waals surface area (Å²) < 4.78 is 4.03. The van der Waals surface area contributed by atoms with Crippen LogP contribution < -0.4 is 0 Å². The van der Waals surface area contributed by atoms with Crippen LogP contribution in [0.4, 0.5) is 0 Å². The van der Waals surface area contributed by atoms with Crippen molar-refractivity contribution in [1.29, 1.82) is 0 Å². The van der Waals surface area contributed by atoms with E-state index in [1.54, 1.807) is 0 Å². The number of rotatable bonds is 6. The molecule has 0 amide bonds. The number of hydrogen-bond acceptors (Lipinski definition) is 7. The summed E-state index contributed by atoms with van der Waals surface area (Å²) in [5.74, 6) is -8.15. The molecule has 0 aliphatic rings. The molecule has 18 heavy (non-hydrogen) atoms. The molecule has 0 heterocycles. The molecule has 0 rings (SSSR count). The Morgan fingerprint density at radius 1 is 1.06 bits per heavy atom. The van der Waals surface area contributed by atoms with Gasteiger partial charge < -0.3 is 25.2 Å². The highest BCUT2D eigenvalue weighted by atomic mass is 16.6. The Kier molecular flexibility index (Phi) is 5.93. The molecule has 9 nitrogen and oxygen atoms in total. The predicted octanol–water partition coefficient (Wildman–Crippen LogP) is -2.03. The third-order valence-corrected chi connectivity index (χ3v) is 1.89. The maximum Gasteiger partial charge on any atom is 0.342 e. The third kappa shape index (κ3) is 4.89. The van der Waals surface area contributed by atoms with E-state index >= 15 is 0 Å². The first kappa shape index (κ1) is 16.0. The minimum atomic E-state index is -2.31. The lowest BCUT2D eigenvalue weighted by Crippen LogP contribution is -2.37. The van der Waals surface area contributed by atoms with Gasteiger partial charge in [-0.15, -0.1) is 0 Å². The SMILES string of the molecule is CC(O)C(=O)OC(=O)CC(C(=O)O)C(O)C(=O)O. The van der Waals surface area contributed by atoms with Gasteiger partial charge in [-0.1, -0.05) is 0 Å². The van der Waals surface area contributed by atoms with Crippen LogP contribution in [0.15, 0.2) is 0 Å². The fourth-order valence-electron chi connectivity index (χ4n) is 0.925. The Balaban J connectivity index is 4.61. The fourth-order valence-corrected chi connectivity index (χ4v) is 0.925. The lowest BCUT2D eigenvalue weighted by atomic mass is 9.99. The van der Waals surface area contributed by atoms with Crippen molar-refractivity contribution < 1.29 is 44.3 Å². The second-order valence-corrected chi connectivity index (χ2v) is 3.40. The van der Waals surface area contributed by atoms with E-state index in [1.165, 1.54) is 0 Å². The molecule has 9 heteroatoms. The quantitative estimate of drug-likeness (QED) is 0.313. The molecule has 0 saturated carbocycles. The summed E-state index contributed by atoms with van der Waals surface area (Å²) in [4.78, 5) is 42.9. The smallest absolute Gasteiger partial charge is 0.342 e. The standard InChI is InChI=1S/C9H12O9/c1-3(10)9(17)18-5(11)2-4(7(13)14)6(12)8(15)16/h3-4,6,10,12H,2H2,1H3,(H,13,14)(H,15,16). The van der Waals surface area contributed by atoms with E-state index in [4.69, 9.17) is 20.4 Å². The number of aliphatic hydroxyl groups is 2. The van der Waals surface area contributed by atoms with Gasteiger partial charge in [0.15, 0.2) is 6.10 Å². The monoisotopic (exact) mass is 264 g/mol. The molecule has 0 aromatic rings. The number of carboxylic acids is 2. The second-order valence-electron chi connectivity index (χ2n) is 3.40. The van der Waals surface area contributed by atoms with Crippen molar-refractivity contribution in [3.05, 3.63) is 0 Å². The summed E-state index contributed by atoms with van der Waals surface area (Å²) in [5, 5.41) is 34.8. The molecule has 0 spiro atoms. The van der Waals surface area contributed by atoms with E-state index in [2.05, 4.69) is 4.74 Å². The minimum absolute atomic E-state index is 1.01. The van der Waals surface area contributed by atoms with E-state index in [-0.39, 0.29) is 0 Å². The first-order valence-electron chi connectivity index (χ1n) is 4.73. The van der Waals surface area contributed by atoms with Crippen molar-refractivity contribution in [2.45, 2.75) is 25.6 Å². The van der Waals surface area contributed by atoms with Crippen molar-refractivity contribution in [2.75, 3.05) is 0 Å². The van der Waals surface area contributed by atoms with Crippen molar-refractivity contribution in [3.63, 3.8) is 0 Å². The number of hydrogen-bond donors (Lipinski definition) is 4. The molecule has 0 aromatic heterocycles. The largest absolute Gasteiger partial charge is 0.481 e. The highest BCUT2D eigenvalue weighted by molar-refractivity contribution is 5.91. The second kappa shape index (κ2) is 6.67. The molecule has 4 N–H and O–H groups in total. The van der Waals surface area contributed by atoms with E-state index < -0.39 is 48.4 Å². The van der Waals surface area contributed by atoms with Crippen LogP contribution in [0.25, 0.3) is 0 Å². The van der Waals surface area contributed by atoms with Crippen LogP contribution in [0.1, 0.15) is 13.3 Å². The lowest BCUT2D eigenvalue weighted by molar-refractivity contribution is -0.170. The molecule has 0 aliphatic carbocycles. The summed E-state index contributed by atoms with van der Waals surface area (Å²) in [6.07, 6.45) is -4.90. The van der Waals surface area contributed by atoms with Gasteiger partial charge in [0.1, 0.15) is 12.0 Å². The summed E-state index contributed by atoms with van der Waals surface area (Å²) >= 11 is 0. The Bertz CT molecular complexity index is 359. The van der Waals surface area contributed by atoms with Crippen LogP contribution in [0.2, 0.25) is 0 Å². The normalized spacial score (nSPS) is 15.3. The van der Waals surface area contributed by atoms with Gasteiger partial charge in [0, 0.05) is 0 Å².